The Morgan fingerprint density at radius 1 is 1.00 bits per heavy atom. The summed E-state index contributed by atoms with van der Waals surface area (Å²) in [5, 5.41) is 0. The van der Waals surface area contributed by atoms with E-state index in [0.717, 1.165) is 16.7 Å². The molecule has 0 aliphatic carbocycles. The summed E-state index contributed by atoms with van der Waals surface area (Å²) in [4.78, 5) is 4.25. The molecular formula is C17H16N2O3S. The molecule has 2 aromatic carbocycles. The normalized spacial score (nSPS) is 11.5. The number of sulfone groups is 1. The number of benzene rings is 2. The molecule has 5 nitrogen and oxygen atoms in total. The van der Waals surface area contributed by atoms with Gasteiger partial charge in [-0.25, -0.2) is 8.42 Å². The quantitative estimate of drug-likeness (QED) is 0.795. The minimum atomic E-state index is -3.06. The molecule has 2 N–H and O–H groups in total. The second kappa shape index (κ2) is 5.89. The molecule has 0 unspecified atom stereocenters. The van der Waals surface area contributed by atoms with Gasteiger partial charge in [0, 0.05) is 17.4 Å². The Morgan fingerprint density at radius 2 is 1.65 bits per heavy atom. The molecule has 3 rings (SSSR count). The molecule has 0 spiro atoms. The van der Waals surface area contributed by atoms with Gasteiger partial charge in [0.1, 0.15) is 5.69 Å². The van der Waals surface area contributed by atoms with Gasteiger partial charge in [-0.15, -0.1) is 0 Å². The van der Waals surface area contributed by atoms with Gasteiger partial charge in [-0.1, -0.05) is 54.6 Å². The summed E-state index contributed by atoms with van der Waals surface area (Å²) < 4.78 is 28.2. The van der Waals surface area contributed by atoms with Crippen LogP contribution in [0.3, 0.4) is 0 Å². The number of oxazole rings is 1. The highest BCUT2D eigenvalue weighted by atomic mass is 32.2. The summed E-state index contributed by atoms with van der Waals surface area (Å²) in [6.45, 7) is 0. The molecule has 0 aliphatic rings. The van der Waals surface area contributed by atoms with Gasteiger partial charge in [-0.2, -0.15) is 4.98 Å². The summed E-state index contributed by atoms with van der Waals surface area (Å²) in [6.07, 6.45) is 1.22. The highest BCUT2D eigenvalue weighted by Gasteiger charge is 2.15. The van der Waals surface area contributed by atoms with E-state index in [-0.39, 0.29) is 11.8 Å². The molecule has 3 aromatic rings. The van der Waals surface area contributed by atoms with Crippen LogP contribution < -0.4 is 5.73 Å². The van der Waals surface area contributed by atoms with Crippen LogP contribution in [0.15, 0.2) is 59.0 Å². The number of nitrogens with two attached hydrogens (primary N) is 1. The highest BCUT2D eigenvalue weighted by molar-refractivity contribution is 7.89. The first-order valence-corrected chi connectivity index (χ1v) is 9.07. The van der Waals surface area contributed by atoms with E-state index in [9.17, 15) is 8.42 Å². The molecule has 0 fully saturated rings. The van der Waals surface area contributed by atoms with Crippen molar-refractivity contribution in [3.63, 3.8) is 0 Å². The van der Waals surface area contributed by atoms with E-state index < -0.39 is 9.84 Å². The Morgan fingerprint density at radius 3 is 2.26 bits per heavy atom. The summed E-state index contributed by atoms with van der Waals surface area (Å²) in [7, 11) is -3.06. The summed E-state index contributed by atoms with van der Waals surface area (Å²) in [5.74, 6) is 0.610. The molecule has 0 saturated carbocycles. The van der Waals surface area contributed by atoms with Crippen molar-refractivity contribution in [3.05, 3.63) is 60.2 Å². The standard InChI is InChI=1S/C17H16N2O3S/c1-23(20,21)11-12-7-9-13(10-8-12)15-16(22-17(18)19-15)14-5-3-2-4-6-14/h2-10H,11H2,1H3,(H2,18,19). The second-order valence-electron chi connectivity index (χ2n) is 5.36. The number of aromatic nitrogens is 1. The molecule has 6 heteroatoms. The zero-order valence-electron chi connectivity index (χ0n) is 12.6. The molecule has 0 aliphatic heterocycles. The van der Waals surface area contributed by atoms with Crippen molar-refractivity contribution < 1.29 is 12.8 Å². The van der Waals surface area contributed by atoms with Crippen molar-refractivity contribution in [2.75, 3.05) is 12.0 Å². The molecule has 1 heterocycles. The van der Waals surface area contributed by atoms with E-state index in [1.807, 2.05) is 42.5 Å². The number of nitrogen functional groups attached to an aromatic ring is 1. The number of hydrogen-bond donors (Lipinski definition) is 1. The third kappa shape index (κ3) is 3.60. The van der Waals surface area contributed by atoms with E-state index in [0.29, 0.717) is 11.5 Å². The van der Waals surface area contributed by atoms with Crippen LogP contribution in [-0.2, 0) is 15.6 Å². The summed E-state index contributed by atoms with van der Waals surface area (Å²) in [5.41, 5.74) is 8.78. The van der Waals surface area contributed by atoms with Crippen LogP contribution in [0.25, 0.3) is 22.6 Å². The van der Waals surface area contributed by atoms with Gasteiger partial charge in [0.15, 0.2) is 15.6 Å². The maximum atomic E-state index is 11.4. The van der Waals surface area contributed by atoms with Gasteiger partial charge in [0.25, 0.3) is 6.01 Å². The van der Waals surface area contributed by atoms with Crippen molar-refractivity contribution in [3.8, 4) is 22.6 Å². The van der Waals surface area contributed by atoms with Gasteiger partial charge in [-0.05, 0) is 5.56 Å². The summed E-state index contributed by atoms with van der Waals surface area (Å²) >= 11 is 0. The molecule has 0 atom stereocenters. The van der Waals surface area contributed by atoms with Crippen LogP contribution in [0.4, 0.5) is 6.01 Å². The zero-order chi connectivity index (χ0) is 16.4. The minimum Gasteiger partial charge on any atom is -0.423 e. The number of rotatable bonds is 4. The molecule has 23 heavy (non-hydrogen) atoms. The Hall–Kier alpha value is -2.60. The minimum absolute atomic E-state index is 0.0137. The smallest absolute Gasteiger partial charge is 0.293 e. The average Bonchev–Trinajstić information content (AvgIpc) is 2.89. The van der Waals surface area contributed by atoms with Gasteiger partial charge in [0.2, 0.25) is 0 Å². The second-order valence-corrected chi connectivity index (χ2v) is 7.50. The van der Waals surface area contributed by atoms with Crippen molar-refractivity contribution in [2.24, 2.45) is 0 Å². The highest BCUT2D eigenvalue weighted by Crippen LogP contribution is 2.33. The maximum Gasteiger partial charge on any atom is 0.293 e. The summed E-state index contributed by atoms with van der Waals surface area (Å²) in [6, 6.07) is 16.9. The van der Waals surface area contributed by atoms with Crippen molar-refractivity contribution in [1.82, 2.24) is 4.98 Å². The third-order valence-electron chi connectivity index (χ3n) is 3.34. The van der Waals surface area contributed by atoms with E-state index in [2.05, 4.69) is 4.98 Å². The first-order chi connectivity index (χ1) is 10.9. The van der Waals surface area contributed by atoms with Gasteiger partial charge in [0.05, 0.1) is 5.75 Å². The predicted molar refractivity (Wildman–Crippen MR) is 90.3 cm³/mol. The first kappa shape index (κ1) is 15.3. The number of anilines is 1. The molecule has 0 saturated heterocycles. The number of nitrogens with zero attached hydrogens (tertiary/aromatic N) is 1. The lowest BCUT2D eigenvalue weighted by atomic mass is 10.0. The lowest BCUT2D eigenvalue weighted by Crippen LogP contribution is -2.00. The molecule has 0 amide bonds. The maximum absolute atomic E-state index is 11.4. The topological polar surface area (TPSA) is 86.2 Å². The van der Waals surface area contributed by atoms with Crippen LogP contribution in [0.2, 0.25) is 0 Å². The predicted octanol–water partition coefficient (Wildman–Crippen LogP) is 3.14. The Labute approximate surface area is 134 Å². The van der Waals surface area contributed by atoms with Crippen LogP contribution in [0, 0.1) is 0 Å². The zero-order valence-corrected chi connectivity index (χ0v) is 13.4. The van der Waals surface area contributed by atoms with Gasteiger partial charge >= 0.3 is 0 Å². The van der Waals surface area contributed by atoms with Crippen LogP contribution >= 0.6 is 0 Å². The Bertz CT molecular complexity index is 914. The van der Waals surface area contributed by atoms with Crippen molar-refractivity contribution in [2.45, 2.75) is 5.75 Å². The van der Waals surface area contributed by atoms with Gasteiger partial charge < -0.3 is 10.2 Å². The monoisotopic (exact) mass is 328 g/mol. The van der Waals surface area contributed by atoms with E-state index in [1.54, 1.807) is 12.1 Å². The average molecular weight is 328 g/mol. The van der Waals surface area contributed by atoms with Crippen LogP contribution in [-0.4, -0.2) is 19.7 Å². The van der Waals surface area contributed by atoms with Crippen molar-refractivity contribution in [1.29, 1.82) is 0 Å². The van der Waals surface area contributed by atoms with E-state index >= 15 is 0 Å². The lowest BCUT2D eigenvalue weighted by Gasteiger charge is -2.03. The lowest BCUT2D eigenvalue weighted by molar-refractivity contribution is 0.595. The van der Waals surface area contributed by atoms with Crippen LogP contribution in [0.1, 0.15) is 5.56 Å². The fourth-order valence-corrected chi connectivity index (χ4v) is 3.18. The molecule has 1 aromatic heterocycles. The largest absolute Gasteiger partial charge is 0.423 e. The molecular weight excluding hydrogens is 312 g/mol. The Kier molecular flexibility index (Phi) is 3.92. The molecule has 118 valence electrons. The first-order valence-electron chi connectivity index (χ1n) is 7.01. The Balaban J connectivity index is 2.00. The third-order valence-corrected chi connectivity index (χ3v) is 4.19. The van der Waals surface area contributed by atoms with Gasteiger partial charge in [-0.3, -0.25) is 0 Å². The van der Waals surface area contributed by atoms with Crippen molar-refractivity contribution >= 4 is 15.9 Å². The fraction of sp³-hybridized carbons (Fsp3) is 0.118. The number of hydrogen-bond acceptors (Lipinski definition) is 5. The SMILES string of the molecule is CS(=O)(=O)Cc1ccc(-c2nc(N)oc2-c2ccccc2)cc1. The van der Waals surface area contributed by atoms with E-state index in [4.69, 9.17) is 10.2 Å². The molecule has 0 bridgehead atoms. The fourth-order valence-electron chi connectivity index (χ4n) is 2.38. The molecule has 0 radical (unpaired) electrons. The van der Waals surface area contributed by atoms with Crippen LogP contribution in [0.5, 0.6) is 0 Å². The van der Waals surface area contributed by atoms with E-state index in [1.165, 1.54) is 6.26 Å².